The zero-order valence-corrected chi connectivity index (χ0v) is 10.5. The summed E-state index contributed by atoms with van der Waals surface area (Å²) in [7, 11) is 1.58. The fourth-order valence-electron chi connectivity index (χ4n) is 1.68. The number of hydrogen-bond donors (Lipinski definition) is 1. The molecule has 0 saturated heterocycles. The van der Waals surface area contributed by atoms with Crippen molar-refractivity contribution in [1.29, 1.82) is 0 Å². The predicted octanol–water partition coefficient (Wildman–Crippen LogP) is 1.51. The maximum atomic E-state index is 11.9. The Labute approximate surface area is 105 Å². The second kappa shape index (κ2) is 5.51. The average Bonchev–Trinajstić information content (AvgIpc) is 2.27. The van der Waals surface area contributed by atoms with Gasteiger partial charge in [0.2, 0.25) is 0 Å². The number of ether oxygens (including phenoxy) is 1. The lowest BCUT2D eigenvalue weighted by Crippen LogP contribution is -2.30. The van der Waals surface area contributed by atoms with E-state index in [0.717, 1.165) is 12.8 Å². The molecule has 0 unspecified atom stereocenters. The minimum absolute atomic E-state index is 0.211. The summed E-state index contributed by atoms with van der Waals surface area (Å²) in [6, 6.07) is 0.434. The van der Waals surface area contributed by atoms with Crippen LogP contribution in [-0.2, 0) is 11.3 Å². The quantitative estimate of drug-likeness (QED) is 0.869. The zero-order valence-electron chi connectivity index (χ0n) is 9.78. The Balaban J connectivity index is 2.13. The van der Waals surface area contributed by atoms with Crippen LogP contribution in [0.2, 0.25) is 5.02 Å². The number of anilines is 1. The smallest absolute Gasteiger partial charge is 0.287 e. The van der Waals surface area contributed by atoms with Gasteiger partial charge in [-0.1, -0.05) is 11.6 Å². The first-order chi connectivity index (χ1) is 8.22. The van der Waals surface area contributed by atoms with E-state index in [1.807, 2.05) is 0 Å². The van der Waals surface area contributed by atoms with Gasteiger partial charge in [0.15, 0.2) is 0 Å². The third-order valence-electron chi connectivity index (χ3n) is 2.96. The van der Waals surface area contributed by atoms with Gasteiger partial charge in [0.25, 0.3) is 5.56 Å². The Morgan fingerprint density at radius 2 is 2.41 bits per heavy atom. The highest BCUT2D eigenvalue weighted by molar-refractivity contribution is 6.32. The molecule has 0 spiro atoms. The van der Waals surface area contributed by atoms with Gasteiger partial charge in [-0.2, -0.15) is 5.10 Å². The lowest BCUT2D eigenvalue weighted by molar-refractivity contribution is 0.182. The van der Waals surface area contributed by atoms with E-state index in [4.69, 9.17) is 16.3 Å². The molecule has 1 heterocycles. The standard InChI is InChI=1S/C11H16ClN3O2/c1-17-6-5-15-11(16)10(12)9(7-13-15)14-8-3-2-4-8/h7-8,14H,2-6H2,1H3. The van der Waals surface area contributed by atoms with Gasteiger partial charge in [0.1, 0.15) is 5.02 Å². The van der Waals surface area contributed by atoms with Gasteiger partial charge in [-0.15, -0.1) is 0 Å². The summed E-state index contributed by atoms with van der Waals surface area (Å²) < 4.78 is 6.22. The lowest BCUT2D eigenvalue weighted by atomic mass is 9.93. The molecule has 1 N–H and O–H groups in total. The van der Waals surface area contributed by atoms with Crippen LogP contribution < -0.4 is 10.9 Å². The highest BCUT2D eigenvalue weighted by Crippen LogP contribution is 2.25. The molecule has 1 fully saturated rings. The molecule has 0 aliphatic heterocycles. The molecule has 17 heavy (non-hydrogen) atoms. The van der Waals surface area contributed by atoms with Crippen molar-refractivity contribution in [3.8, 4) is 0 Å². The normalized spacial score (nSPS) is 15.6. The van der Waals surface area contributed by atoms with E-state index in [0.29, 0.717) is 24.9 Å². The van der Waals surface area contributed by atoms with Crippen molar-refractivity contribution in [3.63, 3.8) is 0 Å². The van der Waals surface area contributed by atoms with Crippen molar-refractivity contribution < 1.29 is 4.74 Å². The molecule has 1 aromatic heterocycles. The Hall–Kier alpha value is -1.07. The van der Waals surface area contributed by atoms with Crippen LogP contribution in [0.4, 0.5) is 5.69 Å². The van der Waals surface area contributed by atoms with Gasteiger partial charge in [0, 0.05) is 13.2 Å². The van der Waals surface area contributed by atoms with E-state index in [1.54, 1.807) is 13.3 Å². The summed E-state index contributed by atoms with van der Waals surface area (Å²) in [5, 5.41) is 7.51. The molecule has 1 saturated carbocycles. The van der Waals surface area contributed by atoms with E-state index >= 15 is 0 Å². The number of nitrogens with one attached hydrogen (secondary N) is 1. The minimum Gasteiger partial charge on any atom is -0.383 e. The number of hydrogen-bond acceptors (Lipinski definition) is 4. The van der Waals surface area contributed by atoms with Crippen LogP contribution in [0.3, 0.4) is 0 Å². The van der Waals surface area contributed by atoms with Gasteiger partial charge in [-0.25, -0.2) is 4.68 Å². The molecule has 0 bridgehead atoms. The van der Waals surface area contributed by atoms with Crippen molar-refractivity contribution in [3.05, 3.63) is 21.6 Å². The van der Waals surface area contributed by atoms with Gasteiger partial charge in [-0.3, -0.25) is 4.79 Å². The van der Waals surface area contributed by atoms with Gasteiger partial charge >= 0.3 is 0 Å². The highest BCUT2D eigenvalue weighted by Gasteiger charge is 2.19. The van der Waals surface area contributed by atoms with E-state index in [-0.39, 0.29) is 10.6 Å². The van der Waals surface area contributed by atoms with Gasteiger partial charge in [-0.05, 0) is 19.3 Å². The van der Waals surface area contributed by atoms with Crippen molar-refractivity contribution in [2.24, 2.45) is 0 Å². The Kier molecular flexibility index (Phi) is 4.02. The lowest BCUT2D eigenvalue weighted by Gasteiger charge is -2.27. The van der Waals surface area contributed by atoms with Crippen LogP contribution in [0.25, 0.3) is 0 Å². The van der Waals surface area contributed by atoms with Crippen LogP contribution in [0, 0.1) is 0 Å². The summed E-state index contributed by atoms with van der Waals surface area (Å²) >= 11 is 6.03. The first-order valence-corrected chi connectivity index (χ1v) is 6.11. The monoisotopic (exact) mass is 257 g/mol. The minimum atomic E-state index is -0.270. The molecular weight excluding hydrogens is 242 g/mol. The fraction of sp³-hybridized carbons (Fsp3) is 0.636. The molecule has 94 valence electrons. The summed E-state index contributed by atoms with van der Waals surface area (Å²) in [6.07, 6.45) is 5.09. The van der Waals surface area contributed by atoms with Crippen molar-refractivity contribution in [1.82, 2.24) is 9.78 Å². The maximum Gasteiger partial charge on any atom is 0.287 e. The maximum absolute atomic E-state index is 11.9. The van der Waals surface area contributed by atoms with Crippen molar-refractivity contribution in [2.75, 3.05) is 19.0 Å². The van der Waals surface area contributed by atoms with Crippen molar-refractivity contribution >= 4 is 17.3 Å². The topological polar surface area (TPSA) is 56.1 Å². The van der Waals surface area contributed by atoms with Crippen LogP contribution in [0.5, 0.6) is 0 Å². The van der Waals surface area contributed by atoms with E-state index in [1.165, 1.54) is 11.1 Å². The number of methoxy groups -OCH3 is 1. The van der Waals surface area contributed by atoms with Crippen LogP contribution in [0.1, 0.15) is 19.3 Å². The third-order valence-corrected chi connectivity index (χ3v) is 3.32. The fourth-order valence-corrected chi connectivity index (χ4v) is 1.88. The number of rotatable bonds is 5. The van der Waals surface area contributed by atoms with E-state index in [9.17, 15) is 4.79 Å². The molecule has 6 heteroatoms. The van der Waals surface area contributed by atoms with Gasteiger partial charge < -0.3 is 10.1 Å². The van der Waals surface area contributed by atoms with E-state index < -0.39 is 0 Å². The van der Waals surface area contributed by atoms with Crippen LogP contribution in [-0.4, -0.2) is 29.5 Å². The van der Waals surface area contributed by atoms with Crippen LogP contribution in [0.15, 0.2) is 11.0 Å². The summed E-state index contributed by atoms with van der Waals surface area (Å²) in [5.74, 6) is 0. The van der Waals surface area contributed by atoms with Gasteiger partial charge in [0.05, 0.1) is 25.0 Å². The van der Waals surface area contributed by atoms with Crippen molar-refractivity contribution in [2.45, 2.75) is 31.8 Å². The second-order valence-electron chi connectivity index (χ2n) is 4.17. The molecule has 2 rings (SSSR count). The number of nitrogens with zero attached hydrogens (tertiary/aromatic N) is 2. The third kappa shape index (κ3) is 2.79. The highest BCUT2D eigenvalue weighted by atomic mass is 35.5. The summed E-state index contributed by atoms with van der Waals surface area (Å²) in [5.41, 5.74) is 0.364. The first kappa shape index (κ1) is 12.4. The number of halogens is 1. The van der Waals surface area contributed by atoms with E-state index in [2.05, 4.69) is 10.4 Å². The molecule has 0 atom stereocenters. The second-order valence-corrected chi connectivity index (χ2v) is 4.54. The molecule has 1 aliphatic rings. The first-order valence-electron chi connectivity index (χ1n) is 5.73. The molecule has 0 amide bonds. The Bertz CT molecular complexity index is 443. The molecule has 5 nitrogen and oxygen atoms in total. The molecule has 1 aromatic rings. The Morgan fingerprint density at radius 3 is 3.00 bits per heavy atom. The number of aromatic nitrogens is 2. The molecule has 0 radical (unpaired) electrons. The Morgan fingerprint density at radius 1 is 1.65 bits per heavy atom. The predicted molar refractivity (Wildman–Crippen MR) is 66.6 cm³/mol. The average molecular weight is 258 g/mol. The zero-order chi connectivity index (χ0) is 12.3. The summed E-state index contributed by atoms with van der Waals surface area (Å²) in [4.78, 5) is 11.9. The molecular formula is C11H16ClN3O2. The SMILES string of the molecule is COCCn1ncc(NC2CCC2)c(Cl)c1=O. The summed E-state index contributed by atoms with van der Waals surface area (Å²) in [6.45, 7) is 0.859. The van der Waals surface area contributed by atoms with Crippen LogP contribution >= 0.6 is 11.6 Å². The molecule has 1 aliphatic carbocycles. The largest absolute Gasteiger partial charge is 0.383 e. The molecule has 0 aromatic carbocycles.